The Morgan fingerprint density at radius 3 is 2.83 bits per heavy atom. The summed E-state index contributed by atoms with van der Waals surface area (Å²) in [5.41, 5.74) is 4.40. The molecule has 0 spiro atoms. The SMILES string of the molecule is Cc1c(C2CCNC(C)C2)c2ccccc2n1C. The van der Waals surface area contributed by atoms with Gasteiger partial charge in [-0.2, -0.15) is 0 Å². The Kier molecular flexibility index (Phi) is 2.90. The normalized spacial score (nSPS) is 24.6. The van der Waals surface area contributed by atoms with Gasteiger partial charge in [0.15, 0.2) is 0 Å². The fraction of sp³-hybridized carbons (Fsp3) is 0.500. The lowest BCUT2D eigenvalue weighted by atomic mass is 9.85. The number of nitrogens with zero attached hydrogens (tertiary/aromatic N) is 1. The zero-order valence-electron chi connectivity index (χ0n) is 11.5. The molecule has 2 unspecified atom stereocenters. The topological polar surface area (TPSA) is 17.0 Å². The third-order valence-corrected chi connectivity index (χ3v) is 4.48. The van der Waals surface area contributed by atoms with Crippen LogP contribution < -0.4 is 5.32 Å². The van der Waals surface area contributed by atoms with Crippen LogP contribution in [-0.2, 0) is 7.05 Å². The smallest absolute Gasteiger partial charge is 0.0482 e. The van der Waals surface area contributed by atoms with Crippen LogP contribution in [0.5, 0.6) is 0 Å². The Balaban J connectivity index is 2.13. The van der Waals surface area contributed by atoms with E-state index >= 15 is 0 Å². The quantitative estimate of drug-likeness (QED) is 0.811. The van der Waals surface area contributed by atoms with Gasteiger partial charge in [0.1, 0.15) is 0 Å². The minimum absolute atomic E-state index is 0.641. The van der Waals surface area contributed by atoms with Crippen LogP contribution in [0.1, 0.15) is 36.9 Å². The van der Waals surface area contributed by atoms with E-state index in [-0.39, 0.29) is 0 Å². The van der Waals surface area contributed by atoms with E-state index in [4.69, 9.17) is 0 Å². The molecule has 1 aliphatic heterocycles. The second-order valence-corrected chi connectivity index (χ2v) is 5.65. The number of hydrogen-bond donors (Lipinski definition) is 1. The Hall–Kier alpha value is -1.28. The molecule has 2 heterocycles. The maximum absolute atomic E-state index is 3.55. The molecular weight excluding hydrogens is 220 g/mol. The molecule has 1 saturated heterocycles. The summed E-state index contributed by atoms with van der Waals surface area (Å²) in [5.74, 6) is 0.715. The van der Waals surface area contributed by atoms with Crippen molar-refractivity contribution in [3.05, 3.63) is 35.5 Å². The van der Waals surface area contributed by atoms with Gasteiger partial charge in [-0.3, -0.25) is 0 Å². The summed E-state index contributed by atoms with van der Waals surface area (Å²) in [6.07, 6.45) is 2.52. The highest BCUT2D eigenvalue weighted by Gasteiger charge is 2.24. The Labute approximate surface area is 109 Å². The molecule has 1 fully saturated rings. The summed E-state index contributed by atoms with van der Waals surface area (Å²) in [5, 5.41) is 5.00. The molecule has 2 aromatic rings. The number of hydrogen-bond acceptors (Lipinski definition) is 1. The van der Waals surface area contributed by atoms with Crippen LogP contribution in [0, 0.1) is 6.92 Å². The monoisotopic (exact) mass is 242 g/mol. The summed E-state index contributed by atoms with van der Waals surface area (Å²) in [4.78, 5) is 0. The Bertz CT molecular complexity index is 568. The van der Waals surface area contributed by atoms with Crippen molar-refractivity contribution in [2.45, 2.75) is 38.6 Å². The van der Waals surface area contributed by atoms with Gasteiger partial charge < -0.3 is 9.88 Å². The van der Waals surface area contributed by atoms with Crippen LogP contribution in [0.2, 0.25) is 0 Å². The first-order valence-corrected chi connectivity index (χ1v) is 6.95. The second-order valence-electron chi connectivity index (χ2n) is 5.65. The van der Waals surface area contributed by atoms with Gasteiger partial charge in [-0.1, -0.05) is 18.2 Å². The van der Waals surface area contributed by atoms with Gasteiger partial charge in [0.2, 0.25) is 0 Å². The lowest BCUT2D eigenvalue weighted by Crippen LogP contribution is -2.35. The summed E-state index contributed by atoms with van der Waals surface area (Å²) in [6, 6.07) is 9.45. The lowest BCUT2D eigenvalue weighted by molar-refractivity contribution is 0.381. The third-order valence-electron chi connectivity index (χ3n) is 4.48. The molecule has 1 aromatic carbocycles. The fourth-order valence-corrected chi connectivity index (χ4v) is 3.46. The zero-order valence-corrected chi connectivity index (χ0v) is 11.5. The average molecular weight is 242 g/mol. The molecule has 1 N–H and O–H groups in total. The van der Waals surface area contributed by atoms with E-state index in [0.29, 0.717) is 12.0 Å². The average Bonchev–Trinajstić information content (AvgIpc) is 2.63. The molecule has 0 saturated carbocycles. The molecule has 96 valence electrons. The minimum Gasteiger partial charge on any atom is -0.348 e. The predicted molar refractivity (Wildman–Crippen MR) is 77.1 cm³/mol. The van der Waals surface area contributed by atoms with Crippen LogP contribution in [0.15, 0.2) is 24.3 Å². The first-order valence-electron chi connectivity index (χ1n) is 6.95. The summed E-state index contributed by atoms with van der Waals surface area (Å²) in [6.45, 7) is 5.71. The molecule has 0 aliphatic carbocycles. The van der Waals surface area contributed by atoms with Gasteiger partial charge in [0.05, 0.1) is 0 Å². The van der Waals surface area contributed by atoms with Gasteiger partial charge in [-0.15, -0.1) is 0 Å². The van der Waals surface area contributed by atoms with E-state index < -0.39 is 0 Å². The van der Waals surface area contributed by atoms with Crippen LogP contribution in [-0.4, -0.2) is 17.2 Å². The summed E-state index contributed by atoms with van der Waals surface area (Å²) < 4.78 is 2.34. The number of para-hydroxylation sites is 1. The maximum Gasteiger partial charge on any atom is 0.0482 e. The molecule has 0 amide bonds. The summed E-state index contributed by atoms with van der Waals surface area (Å²) in [7, 11) is 2.19. The van der Waals surface area contributed by atoms with E-state index in [9.17, 15) is 0 Å². The molecule has 1 aliphatic rings. The van der Waals surface area contributed by atoms with Gasteiger partial charge in [0.25, 0.3) is 0 Å². The molecule has 2 atom stereocenters. The first kappa shape index (κ1) is 11.8. The third kappa shape index (κ3) is 1.76. The number of benzene rings is 1. The molecule has 2 nitrogen and oxygen atoms in total. The lowest BCUT2D eigenvalue weighted by Gasteiger charge is -2.28. The van der Waals surface area contributed by atoms with Crippen molar-refractivity contribution in [1.82, 2.24) is 9.88 Å². The van der Waals surface area contributed by atoms with Crippen molar-refractivity contribution in [3.8, 4) is 0 Å². The van der Waals surface area contributed by atoms with Crippen molar-refractivity contribution >= 4 is 10.9 Å². The van der Waals surface area contributed by atoms with Gasteiger partial charge in [0, 0.05) is 29.7 Å². The van der Waals surface area contributed by atoms with Crippen molar-refractivity contribution in [3.63, 3.8) is 0 Å². The van der Waals surface area contributed by atoms with Crippen LogP contribution in [0.25, 0.3) is 10.9 Å². The van der Waals surface area contributed by atoms with Gasteiger partial charge in [-0.25, -0.2) is 0 Å². The molecule has 3 rings (SSSR count). The highest BCUT2D eigenvalue weighted by Crippen LogP contribution is 2.36. The molecule has 0 bridgehead atoms. The van der Waals surface area contributed by atoms with Crippen LogP contribution in [0.3, 0.4) is 0 Å². The fourth-order valence-electron chi connectivity index (χ4n) is 3.46. The minimum atomic E-state index is 0.641. The van der Waals surface area contributed by atoms with E-state index in [1.165, 1.54) is 29.4 Å². The van der Waals surface area contributed by atoms with Crippen molar-refractivity contribution < 1.29 is 0 Å². The first-order chi connectivity index (χ1) is 8.68. The van der Waals surface area contributed by atoms with Crippen molar-refractivity contribution in [2.24, 2.45) is 7.05 Å². The summed E-state index contributed by atoms with van der Waals surface area (Å²) >= 11 is 0. The van der Waals surface area contributed by atoms with Crippen molar-refractivity contribution in [1.29, 1.82) is 0 Å². The van der Waals surface area contributed by atoms with E-state index in [1.807, 2.05) is 0 Å². The number of piperidine rings is 1. The maximum atomic E-state index is 3.55. The highest BCUT2D eigenvalue weighted by atomic mass is 15.0. The molecule has 1 aromatic heterocycles. The molecular formula is C16H22N2. The van der Waals surface area contributed by atoms with Gasteiger partial charge >= 0.3 is 0 Å². The Morgan fingerprint density at radius 2 is 2.06 bits per heavy atom. The predicted octanol–water partition coefficient (Wildman–Crippen LogP) is 3.34. The molecule has 0 radical (unpaired) electrons. The zero-order chi connectivity index (χ0) is 12.7. The number of aromatic nitrogens is 1. The number of rotatable bonds is 1. The van der Waals surface area contributed by atoms with Crippen LogP contribution >= 0.6 is 0 Å². The highest BCUT2D eigenvalue weighted by molar-refractivity contribution is 5.86. The van der Waals surface area contributed by atoms with E-state index in [1.54, 1.807) is 5.56 Å². The number of nitrogens with one attached hydrogen (secondary N) is 1. The standard InChI is InChI=1S/C16H22N2/c1-11-10-13(8-9-17-11)16-12(2)18(3)15-7-5-4-6-14(15)16/h4-7,11,13,17H,8-10H2,1-3H3. The molecule has 2 heteroatoms. The van der Waals surface area contributed by atoms with Gasteiger partial charge in [-0.05, 0) is 50.8 Å². The van der Waals surface area contributed by atoms with E-state index in [2.05, 4.69) is 55.0 Å². The second kappa shape index (κ2) is 4.43. The number of aryl methyl sites for hydroxylation is 1. The van der Waals surface area contributed by atoms with Crippen LogP contribution in [0.4, 0.5) is 0 Å². The van der Waals surface area contributed by atoms with Crippen molar-refractivity contribution in [2.75, 3.05) is 6.54 Å². The Morgan fingerprint density at radius 1 is 1.28 bits per heavy atom. The number of fused-ring (bicyclic) bond motifs is 1. The largest absolute Gasteiger partial charge is 0.348 e. The van der Waals surface area contributed by atoms with E-state index in [0.717, 1.165) is 6.54 Å². The molecule has 18 heavy (non-hydrogen) atoms.